The number of aryl methyl sites for hydroxylation is 2. The largest absolute Gasteiger partial charge is 0.454 e. The molecule has 3 aromatic carbocycles. The van der Waals surface area contributed by atoms with E-state index >= 15 is 0 Å². The van der Waals surface area contributed by atoms with Crippen LogP contribution < -0.4 is 0 Å². The molecule has 0 saturated heterocycles. The Balaban J connectivity index is 1.75. The molecule has 0 radical (unpaired) electrons. The van der Waals surface area contributed by atoms with Crippen molar-refractivity contribution in [3.63, 3.8) is 0 Å². The fourth-order valence-electron chi connectivity index (χ4n) is 2.61. The fourth-order valence-corrected chi connectivity index (χ4v) is 2.61. The lowest BCUT2D eigenvalue weighted by atomic mass is 10.0. The predicted octanol–water partition coefficient (Wildman–Crippen LogP) is 4.50. The average molecular weight is 318 g/mol. The van der Waals surface area contributed by atoms with E-state index < -0.39 is 5.97 Å². The number of benzene rings is 3. The van der Waals surface area contributed by atoms with Gasteiger partial charge in [0.1, 0.15) is 0 Å². The SMILES string of the molecule is Cc1ccc(C(=O)COC(=O)c2cccc3ccccc23)cc1C. The van der Waals surface area contributed by atoms with E-state index in [9.17, 15) is 9.59 Å². The maximum absolute atomic E-state index is 12.3. The molecule has 3 nitrogen and oxygen atoms in total. The van der Waals surface area contributed by atoms with E-state index in [0.29, 0.717) is 11.1 Å². The number of carbonyl (C=O) groups excluding carboxylic acids is 2. The van der Waals surface area contributed by atoms with Crippen LogP contribution in [0.2, 0.25) is 0 Å². The van der Waals surface area contributed by atoms with Crippen molar-refractivity contribution in [3.8, 4) is 0 Å². The van der Waals surface area contributed by atoms with Crippen molar-refractivity contribution in [2.75, 3.05) is 6.61 Å². The first-order valence-electron chi connectivity index (χ1n) is 7.81. The maximum atomic E-state index is 12.3. The van der Waals surface area contributed by atoms with Crippen LogP contribution in [0.3, 0.4) is 0 Å². The van der Waals surface area contributed by atoms with Crippen LogP contribution in [0.1, 0.15) is 31.8 Å². The standard InChI is InChI=1S/C21H18O3/c1-14-10-11-17(12-15(14)2)20(22)13-24-21(23)19-9-5-7-16-6-3-4-8-18(16)19/h3-12H,13H2,1-2H3. The number of ketones is 1. The molecule has 0 N–H and O–H groups in total. The minimum Gasteiger partial charge on any atom is -0.454 e. The molecule has 24 heavy (non-hydrogen) atoms. The van der Waals surface area contributed by atoms with Crippen molar-refractivity contribution in [1.29, 1.82) is 0 Å². The summed E-state index contributed by atoms with van der Waals surface area (Å²) < 4.78 is 5.23. The average Bonchev–Trinajstić information content (AvgIpc) is 2.61. The van der Waals surface area contributed by atoms with Crippen LogP contribution in [-0.2, 0) is 4.74 Å². The predicted molar refractivity (Wildman–Crippen MR) is 94.5 cm³/mol. The quantitative estimate of drug-likeness (QED) is 0.525. The summed E-state index contributed by atoms with van der Waals surface area (Å²) in [6.07, 6.45) is 0. The van der Waals surface area contributed by atoms with Gasteiger partial charge in [-0.15, -0.1) is 0 Å². The number of Topliss-reactive ketones (excluding diaryl/α,β-unsaturated/α-hetero) is 1. The molecule has 3 rings (SSSR count). The molecule has 0 unspecified atom stereocenters. The van der Waals surface area contributed by atoms with Gasteiger partial charge in [-0.1, -0.05) is 48.5 Å². The van der Waals surface area contributed by atoms with E-state index in [1.54, 1.807) is 12.1 Å². The van der Waals surface area contributed by atoms with Gasteiger partial charge in [-0.05, 0) is 47.9 Å². The molecule has 0 saturated carbocycles. The van der Waals surface area contributed by atoms with Crippen LogP contribution in [0.25, 0.3) is 10.8 Å². The molecule has 0 fully saturated rings. The first-order valence-corrected chi connectivity index (χ1v) is 7.81. The van der Waals surface area contributed by atoms with Gasteiger partial charge in [-0.2, -0.15) is 0 Å². The molecule has 0 amide bonds. The highest BCUT2D eigenvalue weighted by molar-refractivity contribution is 6.06. The van der Waals surface area contributed by atoms with Crippen LogP contribution in [0.15, 0.2) is 60.7 Å². The van der Waals surface area contributed by atoms with E-state index in [-0.39, 0.29) is 12.4 Å². The molecule has 0 aromatic heterocycles. The smallest absolute Gasteiger partial charge is 0.339 e. The van der Waals surface area contributed by atoms with Gasteiger partial charge in [0.25, 0.3) is 0 Å². The van der Waals surface area contributed by atoms with Crippen LogP contribution in [0, 0.1) is 13.8 Å². The van der Waals surface area contributed by atoms with Crippen molar-refractivity contribution >= 4 is 22.5 Å². The van der Waals surface area contributed by atoms with Crippen molar-refractivity contribution in [2.24, 2.45) is 0 Å². The number of carbonyl (C=O) groups is 2. The molecule has 0 aliphatic carbocycles. The molecule has 0 aliphatic rings. The van der Waals surface area contributed by atoms with Gasteiger partial charge in [0, 0.05) is 5.56 Å². The van der Waals surface area contributed by atoms with Gasteiger partial charge in [0.15, 0.2) is 12.4 Å². The minimum atomic E-state index is -0.482. The third kappa shape index (κ3) is 3.20. The Bertz CT molecular complexity index is 920. The molecule has 0 heterocycles. The van der Waals surface area contributed by atoms with Gasteiger partial charge in [0.2, 0.25) is 0 Å². The van der Waals surface area contributed by atoms with E-state index in [4.69, 9.17) is 4.74 Å². The molecule has 3 aromatic rings. The van der Waals surface area contributed by atoms with E-state index in [2.05, 4.69) is 0 Å². The van der Waals surface area contributed by atoms with Gasteiger partial charge >= 0.3 is 5.97 Å². The van der Waals surface area contributed by atoms with Crippen molar-refractivity contribution < 1.29 is 14.3 Å². The number of hydrogen-bond donors (Lipinski definition) is 0. The summed E-state index contributed by atoms with van der Waals surface area (Å²) in [7, 11) is 0. The Morgan fingerprint density at radius 1 is 0.875 bits per heavy atom. The summed E-state index contributed by atoms with van der Waals surface area (Å²) in [5, 5.41) is 1.79. The number of rotatable bonds is 4. The summed E-state index contributed by atoms with van der Waals surface area (Å²) in [5.41, 5.74) is 3.20. The monoisotopic (exact) mass is 318 g/mol. The third-order valence-electron chi connectivity index (χ3n) is 4.17. The second-order valence-corrected chi connectivity index (χ2v) is 5.83. The number of hydrogen-bond acceptors (Lipinski definition) is 3. The van der Waals surface area contributed by atoms with E-state index in [0.717, 1.165) is 21.9 Å². The Kier molecular flexibility index (Phi) is 4.43. The lowest BCUT2D eigenvalue weighted by molar-refractivity contribution is 0.0476. The van der Waals surface area contributed by atoms with Crippen LogP contribution in [0.5, 0.6) is 0 Å². The molecule has 3 heteroatoms. The fraction of sp³-hybridized carbons (Fsp3) is 0.143. The van der Waals surface area contributed by atoms with Gasteiger partial charge in [-0.25, -0.2) is 4.79 Å². The molecule has 120 valence electrons. The lowest BCUT2D eigenvalue weighted by Crippen LogP contribution is -2.14. The maximum Gasteiger partial charge on any atom is 0.339 e. The zero-order valence-corrected chi connectivity index (χ0v) is 13.7. The topological polar surface area (TPSA) is 43.4 Å². The normalized spacial score (nSPS) is 10.6. The Labute approximate surface area is 140 Å². The van der Waals surface area contributed by atoms with Crippen LogP contribution in [0.4, 0.5) is 0 Å². The molecule has 0 bridgehead atoms. The second-order valence-electron chi connectivity index (χ2n) is 5.83. The Morgan fingerprint density at radius 2 is 1.62 bits per heavy atom. The second kappa shape index (κ2) is 6.67. The molecule has 0 spiro atoms. The van der Waals surface area contributed by atoms with E-state index in [1.165, 1.54) is 0 Å². The molecular weight excluding hydrogens is 300 g/mol. The summed E-state index contributed by atoms with van der Waals surface area (Å²) in [6.45, 7) is 3.68. The summed E-state index contributed by atoms with van der Waals surface area (Å²) in [5.74, 6) is -0.685. The first-order chi connectivity index (χ1) is 11.6. The van der Waals surface area contributed by atoms with Crippen LogP contribution in [-0.4, -0.2) is 18.4 Å². The highest BCUT2D eigenvalue weighted by Gasteiger charge is 2.14. The minimum absolute atomic E-state index is 0.202. The first kappa shape index (κ1) is 15.9. The highest BCUT2D eigenvalue weighted by atomic mass is 16.5. The van der Waals surface area contributed by atoms with Crippen molar-refractivity contribution in [1.82, 2.24) is 0 Å². The van der Waals surface area contributed by atoms with Crippen LogP contribution >= 0.6 is 0 Å². The number of ether oxygens (including phenoxy) is 1. The molecular formula is C21H18O3. The van der Waals surface area contributed by atoms with Gasteiger partial charge in [0.05, 0.1) is 5.56 Å². The zero-order valence-electron chi connectivity index (χ0n) is 13.7. The Morgan fingerprint density at radius 3 is 2.42 bits per heavy atom. The zero-order chi connectivity index (χ0) is 17.1. The molecule has 0 atom stereocenters. The van der Waals surface area contributed by atoms with E-state index in [1.807, 2.05) is 62.4 Å². The summed E-state index contributed by atoms with van der Waals surface area (Å²) in [6, 6.07) is 18.5. The number of esters is 1. The lowest BCUT2D eigenvalue weighted by Gasteiger charge is -2.08. The molecule has 0 aliphatic heterocycles. The third-order valence-corrected chi connectivity index (χ3v) is 4.17. The number of fused-ring (bicyclic) bond motifs is 1. The van der Waals surface area contributed by atoms with Gasteiger partial charge < -0.3 is 4.74 Å². The Hall–Kier alpha value is -2.94. The summed E-state index contributed by atoms with van der Waals surface area (Å²) in [4.78, 5) is 24.6. The van der Waals surface area contributed by atoms with Crippen molar-refractivity contribution in [2.45, 2.75) is 13.8 Å². The van der Waals surface area contributed by atoms with Crippen molar-refractivity contribution in [3.05, 3.63) is 82.9 Å². The van der Waals surface area contributed by atoms with Gasteiger partial charge in [-0.3, -0.25) is 4.79 Å². The highest BCUT2D eigenvalue weighted by Crippen LogP contribution is 2.19. The summed E-state index contributed by atoms with van der Waals surface area (Å²) >= 11 is 0.